The molecule has 0 saturated carbocycles. The highest BCUT2D eigenvalue weighted by atomic mass is 16.5. The summed E-state index contributed by atoms with van der Waals surface area (Å²) in [5, 5.41) is 5.93. The number of rotatable bonds is 6. The number of benzene rings is 2. The average molecular weight is 323 g/mol. The van der Waals surface area contributed by atoms with Crippen molar-refractivity contribution >= 4 is 10.8 Å². The molecule has 0 aliphatic heterocycles. The number of fused-ring (bicyclic) bond motifs is 1. The molecule has 0 saturated heterocycles. The molecule has 0 atom stereocenters. The van der Waals surface area contributed by atoms with Crippen LogP contribution in [0.1, 0.15) is 12.6 Å². The fourth-order valence-corrected chi connectivity index (χ4v) is 2.55. The van der Waals surface area contributed by atoms with E-state index in [-0.39, 0.29) is 5.56 Å². The first kappa shape index (κ1) is 16.1. The van der Waals surface area contributed by atoms with Crippen molar-refractivity contribution in [2.24, 2.45) is 0 Å². The van der Waals surface area contributed by atoms with Gasteiger partial charge in [-0.25, -0.2) is 4.68 Å². The molecule has 0 bridgehead atoms. The summed E-state index contributed by atoms with van der Waals surface area (Å²) < 4.78 is 12.5. The smallest absolute Gasteiger partial charge is 0.274 e. The first-order valence-electron chi connectivity index (χ1n) is 7.93. The molecular formula is C19H19N2O3. The Morgan fingerprint density at radius 2 is 1.75 bits per heavy atom. The quantitative estimate of drug-likeness (QED) is 0.700. The minimum Gasteiger partial charge on any atom is -0.493 e. The standard InChI is InChI=1S/C19H19N2O3/c1-3-23-15-7-6-8-16(13-15)24-12-11-21-19(22)18-10-5-4-9-17(18)14(2)20-21/h4-10H,3,11-12H2,1-2H3. The van der Waals surface area contributed by atoms with E-state index in [1.807, 2.05) is 56.3 Å². The van der Waals surface area contributed by atoms with Crippen LogP contribution in [0, 0.1) is 13.0 Å². The van der Waals surface area contributed by atoms with E-state index < -0.39 is 0 Å². The van der Waals surface area contributed by atoms with Crippen LogP contribution in [0.2, 0.25) is 0 Å². The van der Waals surface area contributed by atoms with Gasteiger partial charge in [-0.1, -0.05) is 24.3 Å². The maximum Gasteiger partial charge on any atom is 0.274 e. The van der Waals surface area contributed by atoms with Gasteiger partial charge in [0.05, 0.1) is 30.3 Å². The minimum absolute atomic E-state index is 0.105. The Morgan fingerprint density at radius 3 is 2.50 bits per heavy atom. The second kappa shape index (κ2) is 7.17. The Bertz CT molecular complexity index is 902. The third-order valence-electron chi connectivity index (χ3n) is 3.65. The van der Waals surface area contributed by atoms with Gasteiger partial charge in [0, 0.05) is 5.39 Å². The Balaban J connectivity index is 1.73. The van der Waals surface area contributed by atoms with Gasteiger partial charge in [0.25, 0.3) is 5.56 Å². The Hall–Kier alpha value is -2.82. The molecular weight excluding hydrogens is 304 g/mol. The van der Waals surface area contributed by atoms with Crippen LogP contribution in [0.5, 0.6) is 11.5 Å². The zero-order chi connectivity index (χ0) is 16.9. The Morgan fingerprint density at radius 1 is 1.04 bits per heavy atom. The summed E-state index contributed by atoms with van der Waals surface area (Å²) in [4.78, 5) is 12.5. The molecule has 5 heteroatoms. The largest absolute Gasteiger partial charge is 0.493 e. The molecule has 24 heavy (non-hydrogen) atoms. The lowest BCUT2D eigenvalue weighted by Crippen LogP contribution is -2.26. The van der Waals surface area contributed by atoms with Gasteiger partial charge in [-0.2, -0.15) is 5.10 Å². The number of aromatic nitrogens is 2. The molecule has 3 aromatic rings. The monoisotopic (exact) mass is 323 g/mol. The van der Waals surface area contributed by atoms with Gasteiger partial charge in [-0.3, -0.25) is 4.79 Å². The number of ether oxygens (including phenoxy) is 2. The molecule has 1 heterocycles. The van der Waals surface area contributed by atoms with Gasteiger partial charge in [0.15, 0.2) is 0 Å². The van der Waals surface area contributed by atoms with Crippen LogP contribution >= 0.6 is 0 Å². The van der Waals surface area contributed by atoms with E-state index in [1.165, 1.54) is 4.68 Å². The molecule has 0 N–H and O–H groups in total. The van der Waals surface area contributed by atoms with Crippen LogP contribution in [-0.4, -0.2) is 23.0 Å². The van der Waals surface area contributed by atoms with Crippen molar-refractivity contribution in [3.05, 3.63) is 64.6 Å². The molecule has 0 aliphatic rings. The van der Waals surface area contributed by atoms with Gasteiger partial charge >= 0.3 is 0 Å². The third kappa shape index (κ3) is 3.40. The fraction of sp³-hybridized carbons (Fsp3) is 0.263. The van der Waals surface area contributed by atoms with Crippen molar-refractivity contribution < 1.29 is 9.47 Å². The van der Waals surface area contributed by atoms with Crippen LogP contribution in [0.15, 0.2) is 47.3 Å². The molecule has 0 spiro atoms. The van der Waals surface area contributed by atoms with E-state index in [0.29, 0.717) is 36.6 Å². The number of aryl methyl sites for hydroxylation is 1. The predicted octanol–water partition coefficient (Wildman–Crippen LogP) is 2.98. The maximum atomic E-state index is 12.5. The van der Waals surface area contributed by atoms with E-state index in [4.69, 9.17) is 9.47 Å². The summed E-state index contributed by atoms with van der Waals surface area (Å²) >= 11 is 0. The number of nitrogens with zero attached hydrogens (tertiary/aromatic N) is 2. The normalized spacial score (nSPS) is 10.8. The molecule has 1 radical (unpaired) electrons. The molecule has 0 unspecified atom stereocenters. The lowest BCUT2D eigenvalue weighted by atomic mass is 10.1. The highest BCUT2D eigenvalue weighted by molar-refractivity contribution is 5.83. The van der Waals surface area contributed by atoms with Gasteiger partial charge in [-0.05, 0) is 32.0 Å². The zero-order valence-corrected chi connectivity index (χ0v) is 13.8. The van der Waals surface area contributed by atoms with E-state index >= 15 is 0 Å². The van der Waals surface area contributed by atoms with Crippen molar-refractivity contribution in [2.75, 3.05) is 13.2 Å². The second-order valence-electron chi connectivity index (χ2n) is 5.32. The van der Waals surface area contributed by atoms with Crippen LogP contribution in [0.3, 0.4) is 0 Å². The predicted molar refractivity (Wildman–Crippen MR) is 92.7 cm³/mol. The van der Waals surface area contributed by atoms with Gasteiger partial charge in [-0.15, -0.1) is 0 Å². The summed E-state index contributed by atoms with van der Waals surface area (Å²) in [6.07, 6.45) is 0. The van der Waals surface area contributed by atoms with E-state index in [9.17, 15) is 4.79 Å². The summed E-state index contributed by atoms with van der Waals surface area (Å²) in [6, 6.07) is 16.0. The highest BCUT2D eigenvalue weighted by Crippen LogP contribution is 2.18. The van der Waals surface area contributed by atoms with Crippen LogP contribution in [0.25, 0.3) is 10.8 Å². The molecule has 2 aromatic carbocycles. The number of hydrogen-bond acceptors (Lipinski definition) is 4. The van der Waals surface area contributed by atoms with E-state index in [0.717, 1.165) is 11.1 Å². The average Bonchev–Trinajstić information content (AvgIpc) is 2.60. The molecule has 1 aromatic heterocycles. The van der Waals surface area contributed by atoms with Crippen molar-refractivity contribution in [3.63, 3.8) is 0 Å². The molecule has 0 amide bonds. The summed E-state index contributed by atoms with van der Waals surface area (Å²) in [7, 11) is 0. The molecule has 0 aliphatic carbocycles. The fourth-order valence-electron chi connectivity index (χ4n) is 2.55. The third-order valence-corrected chi connectivity index (χ3v) is 3.65. The second-order valence-corrected chi connectivity index (χ2v) is 5.32. The van der Waals surface area contributed by atoms with Gasteiger partial charge in [0.1, 0.15) is 18.1 Å². The summed E-state index contributed by atoms with van der Waals surface area (Å²) in [5.74, 6) is 1.23. The SMILES string of the molecule is CCOc1[c]c(OCCn2nc(C)c3ccccc3c2=O)ccc1. The first-order chi connectivity index (χ1) is 11.7. The molecule has 123 valence electrons. The highest BCUT2D eigenvalue weighted by Gasteiger charge is 2.07. The van der Waals surface area contributed by atoms with Crippen molar-refractivity contribution in [3.8, 4) is 11.5 Å². The summed E-state index contributed by atoms with van der Waals surface area (Å²) in [5.41, 5.74) is 0.724. The summed E-state index contributed by atoms with van der Waals surface area (Å²) in [6.45, 7) is 5.10. The van der Waals surface area contributed by atoms with E-state index in [2.05, 4.69) is 11.2 Å². The van der Waals surface area contributed by atoms with Crippen molar-refractivity contribution in [1.29, 1.82) is 0 Å². The zero-order valence-electron chi connectivity index (χ0n) is 13.8. The molecule has 3 rings (SSSR count). The number of hydrogen-bond donors (Lipinski definition) is 0. The van der Waals surface area contributed by atoms with Gasteiger partial charge < -0.3 is 9.47 Å². The Kier molecular flexibility index (Phi) is 4.79. The topological polar surface area (TPSA) is 53.4 Å². The lowest BCUT2D eigenvalue weighted by molar-refractivity contribution is 0.283. The molecule has 0 fully saturated rings. The minimum atomic E-state index is -0.105. The van der Waals surface area contributed by atoms with E-state index in [1.54, 1.807) is 0 Å². The van der Waals surface area contributed by atoms with Crippen molar-refractivity contribution in [1.82, 2.24) is 9.78 Å². The van der Waals surface area contributed by atoms with Crippen LogP contribution in [0.4, 0.5) is 0 Å². The van der Waals surface area contributed by atoms with Crippen LogP contribution in [-0.2, 0) is 6.54 Å². The first-order valence-corrected chi connectivity index (χ1v) is 7.93. The van der Waals surface area contributed by atoms with Crippen molar-refractivity contribution in [2.45, 2.75) is 20.4 Å². The van der Waals surface area contributed by atoms with Crippen LogP contribution < -0.4 is 15.0 Å². The lowest BCUT2D eigenvalue weighted by Gasteiger charge is -2.10. The Labute approximate surface area is 140 Å². The maximum absolute atomic E-state index is 12.5. The van der Waals surface area contributed by atoms with Gasteiger partial charge in [0.2, 0.25) is 0 Å². The molecule has 5 nitrogen and oxygen atoms in total.